The Balaban J connectivity index is 1.71. The standard InChI is InChI=1S/C23H24F3N3O6/c1-33-17-11-15(12-18(34-2)20(17)35-13-19(27)30)22(32)29-8-6-28(7-9-29)21(31)14-4-3-5-16(10-14)23(24,25)26/h3-5,10-12H,6-9,13H2,1-2H3,(H2,27,30). The van der Waals surface area contributed by atoms with E-state index < -0.39 is 30.2 Å². The van der Waals surface area contributed by atoms with Gasteiger partial charge in [-0.25, -0.2) is 0 Å². The maximum absolute atomic E-state index is 13.1. The largest absolute Gasteiger partial charge is 0.493 e. The number of hydrogen-bond donors (Lipinski definition) is 1. The molecule has 9 nitrogen and oxygen atoms in total. The highest BCUT2D eigenvalue weighted by Gasteiger charge is 2.32. The van der Waals surface area contributed by atoms with E-state index in [1.165, 1.54) is 48.3 Å². The summed E-state index contributed by atoms with van der Waals surface area (Å²) in [5.74, 6) is -1.18. The fourth-order valence-electron chi connectivity index (χ4n) is 3.60. The van der Waals surface area contributed by atoms with E-state index in [9.17, 15) is 27.6 Å². The van der Waals surface area contributed by atoms with Gasteiger partial charge in [0, 0.05) is 37.3 Å². The molecule has 2 N–H and O–H groups in total. The van der Waals surface area contributed by atoms with Crippen molar-refractivity contribution < 1.29 is 41.8 Å². The van der Waals surface area contributed by atoms with Crippen molar-refractivity contribution >= 4 is 17.7 Å². The van der Waals surface area contributed by atoms with Crippen LogP contribution in [0.25, 0.3) is 0 Å². The second-order valence-electron chi connectivity index (χ2n) is 7.63. The van der Waals surface area contributed by atoms with E-state index in [1.807, 2.05) is 0 Å². The number of primary amides is 1. The van der Waals surface area contributed by atoms with Crippen molar-refractivity contribution in [2.24, 2.45) is 5.73 Å². The first kappa shape index (κ1) is 25.7. The van der Waals surface area contributed by atoms with Crippen LogP contribution in [0.3, 0.4) is 0 Å². The number of nitrogens with zero attached hydrogens (tertiary/aromatic N) is 2. The summed E-state index contributed by atoms with van der Waals surface area (Å²) < 4.78 is 54.8. The van der Waals surface area contributed by atoms with E-state index in [2.05, 4.69) is 0 Å². The molecule has 0 saturated carbocycles. The lowest BCUT2D eigenvalue weighted by Crippen LogP contribution is -2.50. The van der Waals surface area contributed by atoms with Crippen LogP contribution in [0.5, 0.6) is 17.2 Å². The maximum atomic E-state index is 13.1. The van der Waals surface area contributed by atoms with Crippen LogP contribution in [-0.4, -0.2) is 74.5 Å². The van der Waals surface area contributed by atoms with Gasteiger partial charge in [-0.15, -0.1) is 0 Å². The van der Waals surface area contributed by atoms with Crippen molar-refractivity contribution in [1.82, 2.24) is 9.80 Å². The summed E-state index contributed by atoms with van der Waals surface area (Å²) in [7, 11) is 2.72. The number of benzene rings is 2. The molecule has 0 atom stereocenters. The molecule has 2 aromatic carbocycles. The summed E-state index contributed by atoms with van der Waals surface area (Å²) in [4.78, 5) is 39.8. The Hall–Kier alpha value is -3.96. The molecule has 0 unspecified atom stereocenters. The van der Waals surface area contributed by atoms with E-state index in [0.717, 1.165) is 12.1 Å². The molecule has 3 rings (SSSR count). The molecule has 1 fully saturated rings. The van der Waals surface area contributed by atoms with Gasteiger partial charge in [0.15, 0.2) is 18.1 Å². The number of ether oxygens (including phenoxy) is 3. The van der Waals surface area contributed by atoms with Crippen molar-refractivity contribution in [3.05, 3.63) is 53.1 Å². The van der Waals surface area contributed by atoms with Gasteiger partial charge in [-0.2, -0.15) is 13.2 Å². The molecule has 1 heterocycles. The van der Waals surface area contributed by atoms with Crippen LogP contribution in [0.15, 0.2) is 36.4 Å². The van der Waals surface area contributed by atoms with Gasteiger partial charge in [0.05, 0.1) is 19.8 Å². The van der Waals surface area contributed by atoms with Crippen molar-refractivity contribution in [1.29, 1.82) is 0 Å². The summed E-state index contributed by atoms with van der Waals surface area (Å²) in [6.45, 7) is 0.230. The Bertz CT molecular complexity index is 1090. The van der Waals surface area contributed by atoms with E-state index in [0.29, 0.717) is 0 Å². The minimum atomic E-state index is -4.55. The number of amides is 3. The van der Waals surface area contributed by atoms with Gasteiger partial charge >= 0.3 is 6.18 Å². The monoisotopic (exact) mass is 495 g/mol. The zero-order valence-corrected chi connectivity index (χ0v) is 19.1. The molecular formula is C23H24F3N3O6. The van der Waals surface area contributed by atoms with Gasteiger partial charge in [-0.05, 0) is 30.3 Å². The molecule has 3 amide bonds. The number of rotatable bonds is 7. The quantitative estimate of drug-likeness (QED) is 0.631. The Morgan fingerprint density at radius 2 is 1.40 bits per heavy atom. The number of hydrogen-bond acceptors (Lipinski definition) is 6. The highest BCUT2D eigenvalue weighted by atomic mass is 19.4. The molecular weight excluding hydrogens is 471 g/mol. The topological polar surface area (TPSA) is 111 Å². The molecule has 0 bridgehead atoms. The van der Waals surface area contributed by atoms with Gasteiger partial charge in [-0.3, -0.25) is 14.4 Å². The lowest BCUT2D eigenvalue weighted by Gasteiger charge is -2.35. The number of carbonyl (C=O) groups excluding carboxylic acids is 3. The zero-order chi connectivity index (χ0) is 25.8. The van der Waals surface area contributed by atoms with Crippen molar-refractivity contribution in [2.45, 2.75) is 6.18 Å². The number of halogens is 3. The van der Waals surface area contributed by atoms with Gasteiger partial charge in [0.1, 0.15) is 0 Å². The van der Waals surface area contributed by atoms with E-state index >= 15 is 0 Å². The molecule has 2 aromatic rings. The first-order chi connectivity index (χ1) is 16.5. The lowest BCUT2D eigenvalue weighted by atomic mass is 10.1. The summed E-state index contributed by atoms with van der Waals surface area (Å²) in [5.41, 5.74) is 4.37. The van der Waals surface area contributed by atoms with Gasteiger partial charge in [0.25, 0.3) is 17.7 Å². The Kier molecular flexibility index (Phi) is 7.72. The number of carbonyl (C=O) groups is 3. The average Bonchev–Trinajstić information content (AvgIpc) is 2.85. The fourth-order valence-corrected chi connectivity index (χ4v) is 3.60. The summed E-state index contributed by atoms with van der Waals surface area (Å²) in [5, 5.41) is 0. The van der Waals surface area contributed by atoms with Crippen LogP contribution in [0.4, 0.5) is 13.2 Å². The minimum absolute atomic E-state index is 0.0689. The van der Waals surface area contributed by atoms with Crippen LogP contribution in [0.1, 0.15) is 26.3 Å². The van der Waals surface area contributed by atoms with Gasteiger partial charge < -0.3 is 29.7 Å². The summed E-state index contributed by atoms with van der Waals surface area (Å²) >= 11 is 0. The smallest absolute Gasteiger partial charge is 0.416 e. The molecule has 0 spiro atoms. The predicted octanol–water partition coefficient (Wildman–Crippen LogP) is 2.18. The first-order valence-corrected chi connectivity index (χ1v) is 10.5. The third kappa shape index (κ3) is 5.94. The molecule has 188 valence electrons. The summed E-state index contributed by atoms with van der Waals surface area (Å²) in [6.07, 6.45) is -4.55. The third-order valence-corrected chi connectivity index (χ3v) is 5.36. The number of piperazine rings is 1. The van der Waals surface area contributed by atoms with Gasteiger partial charge in [-0.1, -0.05) is 6.07 Å². The molecule has 1 aliphatic heterocycles. The normalized spacial score (nSPS) is 13.9. The minimum Gasteiger partial charge on any atom is -0.493 e. The van der Waals surface area contributed by atoms with Gasteiger partial charge in [0.2, 0.25) is 5.75 Å². The van der Waals surface area contributed by atoms with E-state index in [1.54, 1.807) is 0 Å². The van der Waals surface area contributed by atoms with Crippen molar-refractivity contribution in [2.75, 3.05) is 47.0 Å². The highest BCUT2D eigenvalue weighted by molar-refractivity contribution is 5.97. The van der Waals surface area contributed by atoms with Crippen LogP contribution >= 0.6 is 0 Å². The number of methoxy groups -OCH3 is 2. The second-order valence-corrected chi connectivity index (χ2v) is 7.63. The van der Waals surface area contributed by atoms with Crippen LogP contribution in [0.2, 0.25) is 0 Å². The van der Waals surface area contributed by atoms with Crippen LogP contribution < -0.4 is 19.9 Å². The molecule has 12 heteroatoms. The van der Waals surface area contributed by atoms with Crippen LogP contribution in [-0.2, 0) is 11.0 Å². The highest BCUT2D eigenvalue weighted by Crippen LogP contribution is 2.39. The molecule has 0 aliphatic carbocycles. The molecule has 0 aromatic heterocycles. The molecule has 35 heavy (non-hydrogen) atoms. The fraction of sp³-hybridized carbons (Fsp3) is 0.348. The molecule has 1 aliphatic rings. The molecule has 1 saturated heterocycles. The summed E-state index contributed by atoms with van der Waals surface area (Å²) in [6, 6.07) is 7.10. The van der Waals surface area contributed by atoms with E-state index in [4.69, 9.17) is 19.9 Å². The Morgan fingerprint density at radius 1 is 0.886 bits per heavy atom. The predicted molar refractivity (Wildman–Crippen MR) is 117 cm³/mol. The number of alkyl halides is 3. The van der Waals surface area contributed by atoms with Crippen molar-refractivity contribution in [3.8, 4) is 17.2 Å². The second kappa shape index (κ2) is 10.5. The SMILES string of the molecule is COc1cc(C(=O)N2CCN(C(=O)c3cccc(C(F)(F)F)c3)CC2)cc(OC)c1OCC(N)=O. The lowest BCUT2D eigenvalue weighted by molar-refractivity contribution is -0.137. The first-order valence-electron chi connectivity index (χ1n) is 10.5. The molecule has 0 radical (unpaired) electrons. The van der Waals surface area contributed by atoms with Crippen LogP contribution in [0, 0.1) is 0 Å². The Labute approximate surface area is 199 Å². The third-order valence-electron chi connectivity index (χ3n) is 5.36. The zero-order valence-electron chi connectivity index (χ0n) is 19.1. The number of nitrogens with two attached hydrogens (primary N) is 1. The van der Waals surface area contributed by atoms with E-state index in [-0.39, 0.29) is 60.5 Å². The Morgan fingerprint density at radius 3 is 1.86 bits per heavy atom. The maximum Gasteiger partial charge on any atom is 0.416 e. The average molecular weight is 495 g/mol. The van der Waals surface area contributed by atoms with Crippen molar-refractivity contribution in [3.63, 3.8) is 0 Å².